The van der Waals surface area contributed by atoms with Crippen molar-refractivity contribution in [1.29, 1.82) is 0 Å². The largest absolute Gasteiger partial charge is 0.382 e. The van der Waals surface area contributed by atoms with Gasteiger partial charge in [0.15, 0.2) is 17.5 Å². The number of H-pyrrole nitrogens is 1. The molecular weight excluding hydrogens is 296 g/mol. The smallest absolute Gasteiger partial charge is 0.168 e. The Morgan fingerprint density at radius 1 is 1.00 bits per heavy atom. The van der Waals surface area contributed by atoms with Crippen molar-refractivity contribution in [2.45, 2.75) is 0 Å². The predicted octanol–water partition coefficient (Wildman–Crippen LogP) is 4.26. The second kappa shape index (κ2) is 5.18. The number of rotatable bonds is 2. The zero-order chi connectivity index (χ0) is 15.0. The van der Waals surface area contributed by atoms with Gasteiger partial charge in [-0.2, -0.15) is 5.10 Å². The van der Waals surface area contributed by atoms with Gasteiger partial charge in [-0.3, -0.25) is 5.10 Å². The summed E-state index contributed by atoms with van der Waals surface area (Å²) in [5.74, 6) is -1.73. The van der Waals surface area contributed by atoms with E-state index in [-0.39, 0.29) is 17.1 Å². The quantitative estimate of drug-likeness (QED) is 0.743. The molecule has 21 heavy (non-hydrogen) atoms. The zero-order valence-electron chi connectivity index (χ0n) is 10.7. The molecule has 3 aromatic rings. The number of halogens is 3. The van der Waals surface area contributed by atoms with E-state index in [9.17, 15) is 8.78 Å². The Kier molecular flexibility index (Phi) is 3.35. The number of benzene rings is 2. The summed E-state index contributed by atoms with van der Waals surface area (Å²) in [5.41, 5.74) is 7.24. The van der Waals surface area contributed by atoms with Crippen molar-refractivity contribution in [2.24, 2.45) is 0 Å². The minimum absolute atomic E-state index is 0.0501. The predicted molar refractivity (Wildman–Crippen MR) is 78.8 cm³/mol. The molecule has 1 heterocycles. The highest BCUT2D eigenvalue weighted by atomic mass is 35.5. The molecule has 0 aliphatic heterocycles. The van der Waals surface area contributed by atoms with Crippen LogP contribution in [0.15, 0.2) is 42.5 Å². The lowest BCUT2D eigenvalue weighted by Gasteiger charge is -2.07. The van der Waals surface area contributed by atoms with Crippen LogP contribution in [0.4, 0.5) is 14.6 Å². The Bertz CT molecular complexity index is 814. The molecule has 0 radical (unpaired) electrons. The molecule has 3 nitrogen and oxygen atoms in total. The molecule has 0 aliphatic rings. The first-order chi connectivity index (χ1) is 10.1. The summed E-state index contributed by atoms with van der Waals surface area (Å²) in [7, 11) is 0. The number of anilines is 1. The number of nitrogens with zero attached hydrogens (tertiary/aromatic N) is 1. The third-order valence-corrected chi connectivity index (χ3v) is 3.49. The summed E-state index contributed by atoms with van der Waals surface area (Å²) >= 11 is 6.15. The molecule has 0 aliphatic carbocycles. The Labute approximate surface area is 124 Å². The number of nitrogens with one attached hydrogen (secondary N) is 1. The van der Waals surface area contributed by atoms with Gasteiger partial charge in [0.1, 0.15) is 0 Å². The van der Waals surface area contributed by atoms with Gasteiger partial charge in [0.2, 0.25) is 0 Å². The van der Waals surface area contributed by atoms with Gasteiger partial charge in [0, 0.05) is 16.1 Å². The topological polar surface area (TPSA) is 54.7 Å². The van der Waals surface area contributed by atoms with Crippen molar-refractivity contribution in [3.05, 3.63) is 59.1 Å². The molecule has 2 aromatic carbocycles. The van der Waals surface area contributed by atoms with Gasteiger partial charge in [-0.15, -0.1) is 0 Å². The number of nitrogens with two attached hydrogens (primary N) is 1. The average molecular weight is 306 g/mol. The fourth-order valence-corrected chi connectivity index (χ4v) is 2.41. The molecule has 3 rings (SSSR count). The Morgan fingerprint density at radius 2 is 1.71 bits per heavy atom. The second-order valence-electron chi connectivity index (χ2n) is 4.44. The molecule has 0 atom stereocenters. The highest BCUT2D eigenvalue weighted by Crippen LogP contribution is 2.39. The van der Waals surface area contributed by atoms with Crippen LogP contribution in [-0.2, 0) is 0 Å². The number of aromatic nitrogens is 2. The third kappa shape index (κ3) is 2.25. The first-order valence-electron chi connectivity index (χ1n) is 6.12. The summed E-state index contributed by atoms with van der Waals surface area (Å²) in [6.07, 6.45) is 0. The van der Waals surface area contributed by atoms with E-state index in [2.05, 4.69) is 10.2 Å². The van der Waals surface area contributed by atoms with E-state index in [1.807, 2.05) is 0 Å². The highest BCUT2D eigenvalue weighted by molar-refractivity contribution is 6.33. The van der Waals surface area contributed by atoms with Crippen molar-refractivity contribution in [3.63, 3.8) is 0 Å². The first-order valence-corrected chi connectivity index (χ1v) is 6.50. The van der Waals surface area contributed by atoms with Gasteiger partial charge in [0.25, 0.3) is 0 Å². The van der Waals surface area contributed by atoms with Gasteiger partial charge in [-0.25, -0.2) is 8.78 Å². The van der Waals surface area contributed by atoms with E-state index in [0.717, 1.165) is 6.07 Å². The minimum atomic E-state index is -0.963. The van der Waals surface area contributed by atoms with E-state index in [1.165, 1.54) is 12.1 Å². The molecule has 0 unspecified atom stereocenters. The van der Waals surface area contributed by atoms with Crippen LogP contribution in [0.25, 0.3) is 22.4 Å². The SMILES string of the molecule is Nc1n[nH]c(-c2cccc(F)c2F)c1-c1ccccc1Cl. The van der Waals surface area contributed by atoms with Crippen molar-refractivity contribution in [2.75, 3.05) is 5.73 Å². The van der Waals surface area contributed by atoms with Crippen LogP contribution in [-0.4, -0.2) is 10.2 Å². The van der Waals surface area contributed by atoms with Crippen LogP contribution in [0, 0.1) is 11.6 Å². The maximum atomic E-state index is 14.0. The van der Waals surface area contributed by atoms with Gasteiger partial charge in [-0.05, 0) is 18.2 Å². The van der Waals surface area contributed by atoms with Gasteiger partial charge < -0.3 is 5.73 Å². The Morgan fingerprint density at radius 3 is 2.48 bits per heavy atom. The van der Waals surface area contributed by atoms with E-state index in [1.54, 1.807) is 24.3 Å². The maximum absolute atomic E-state index is 14.0. The Hall–Kier alpha value is -2.40. The summed E-state index contributed by atoms with van der Waals surface area (Å²) in [6.45, 7) is 0. The molecule has 0 spiro atoms. The van der Waals surface area contributed by atoms with Crippen LogP contribution in [0.2, 0.25) is 5.02 Å². The number of aromatic amines is 1. The van der Waals surface area contributed by atoms with E-state index >= 15 is 0 Å². The zero-order valence-corrected chi connectivity index (χ0v) is 11.5. The molecule has 0 saturated carbocycles. The lowest BCUT2D eigenvalue weighted by Crippen LogP contribution is -1.93. The highest BCUT2D eigenvalue weighted by Gasteiger charge is 2.20. The molecule has 1 aromatic heterocycles. The minimum Gasteiger partial charge on any atom is -0.382 e. The van der Waals surface area contributed by atoms with E-state index < -0.39 is 11.6 Å². The lowest BCUT2D eigenvalue weighted by molar-refractivity contribution is 0.511. The first kappa shape index (κ1) is 13.6. The van der Waals surface area contributed by atoms with Gasteiger partial charge >= 0.3 is 0 Å². The van der Waals surface area contributed by atoms with Crippen LogP contribution < -0.4 is 5.73 Å². The molecular formula is C15H10ClF2N3. The van der Waals surface area contributed by atoms with Crippen molar-refractivity contribution >= 4 is 17.4 Å². The molecule has 0 bridgehead atoms. The summed E-state index contributed by atoms with van der Waals surface area (Å²) < 4.78 is 27.4. The molecule has 0 saturated heterocycles. The van der Waals surface area contributed by atoms with E-state index in [0.29, 0.717) is 16.1 Å². The lowest BCUT2D eigenvalue weighted by atomic mass is 10.0. The van der Waals surface area contributed by atoms with Crippen LogP contribution in [0.1, 0.15) is 0 Å². The van der Waals surface area contributed by atoms with Crippen LogP contribution >= 0.6 is 11.6 Å². The van der Waals surface area contributed by atoms with E-state index in [4.69, 9.17) is 17.3 Å². The van der Waals surface area contributed by atoms with Crippen molar-refractivity contribution in [3.8, 4) is 22.4 Å². The summed E-state index contributed by atoms with van der Waals surface area (Å²) in [4.78, 5) is 0. The van der Waals surface area contributed by atoms with Crippen LogP contribution in [0.5, 0.6) is 0 Å². The second-order valence-corrected chi connectivity index (χ2v) is 4.85. The third-order valence-electron chi connectivity index (χ3n) is 3.16. The monoisotopic (exact) mass is 305 g/mol. The fraction of sp³-hybridized carbons (Fsp3) is 0. The Balaban J connectivity index is 2.28. The standard InChI is InChI=1S/C15H10ClF2N3/c16-10-6-2-1-4-8(10)12-14(20-21-15(12)19)9-5-3-7-11(17)13(9)18/h1-7H,(H3,19,20,21). The normalized spacial score (nSPS) is 10.8. The van der Waals surface area contributed by atoms with Crippen LogP contribution in [0.3, 0.4) is 0 Å². The maximum Gasteiger partial charge on any atom is 0.168 e. The van der Waals surface area contributed by atoms with Crippen molar-refractivity contribution in [1.82, 2.24) is 10.2 Å². The number of nitrogen functional groups attached to an aromatic ring is 1. The van der Waals surface area contributed by atoms with Gasteiger partial charge in [0.05, 0.1) is 11.3 Å². The molecule has 6 heteroatoms. The number of hydrogen-bond donors (Lipinski definition) is 2. The summed E-state index contributed by atoms with van der Waals surface area (Å²) in [6, 6.07) is 10.9. The molecule has 0 fully saturated rings. The molecule has 0 amide bonds. The number of hydrogen-bond acceptors (Lipinski definition) is 2. The van der Waals surface area contributed by atoms with Crippen molar-refractivity contribution < 1.29 is 8.78 Å². The summed E-state index contributed by atoms with van der Waals surface area (Å²) in [5, 5.41) is 6.98. The van der Waals surface area contributed by atoms with Gasteiger partial charge in [-0.1, -0.05) is 35.9 Å². The average Bonchev–Trinajstić information content (AvgIpc) is 2.84. The fourth-order valence-electron chi connectivity index (χ4n) is 2.18. The molecule has 3 N–H and O–H groups in total. The molecule has 106 valence electrons.